The molecular formula is C14H15IN2OS. The van der Waals surface area contributed by atoms with Gasteiger partial charge in [-0.25, -0.2) is 4.98 Å². The number of rotatable bonds is 5. The third kappa shape index (κ3) is 4.09. The number of thiazole rings is 1. The van der Waals surface area contributed by atoms with Crippen LogP contribution in [0.1, 0.15) is 20.9 Å². The standard InChI is InChI=1S/C14H15IN2OS/c1-10-14(19-9-16-10)8-17(2)7-13(18)11-3-5-12(15)6-4-11/h3-6,9H,7-8H2,1-2H3. The first-order chi connectivity index (χ1) is 9.06. The van der Waals surface area contributed by atoms with Crippen molar-refractivity contribution < 1.29 is 4.79 Å². The summed E-state index contributed by atoms with van der Waals surface area (Å²) in [4.78, 5) is 19.6. The van der Waals surface area contributed by atoms with Gasteiger partial charge in [-0.2, -0.15) is 0 Å². The number of benzene rings is 1. The van der Waals surface area contributed by atoms with Crippen LogP contribution in [0, 0.1) is 10.5 Å². The molecule has 0 aliphatic heterocycles. The second kappa shape index (κ2) is 6.58. The number of carbonyl (C=O) groups is 1. The van der Waals surface area contributed by atoms with Crippen LogP contribution in [-0.4, -0.2) is 29.3 Å². The third-order valence-corrected chi connectivity index (χ3v) is 4.48. The average Bonchev–Trinajstić information content (AvgIpc) is 2.75. The van der Waals surface area contributed by atoms with Gasteiger partial charge in [0.15, 0.2) is 5.78 Å². The smallest absolute Gasteiger partial charge is 0.176 e. The van der Waals surface area contributed by atoms with Gasteiger partial charge in [0.05, 0.1) is 17.7 Å². The van der Waals surface area contributed by atoms with E-state index in [-0.39, 0.29) is 5.78 Å². The highest BCUT2D eigenvalue weighted by atomic mass is 127. The van der Waals surface area contributed by atoms with Crippen molar-refractivity contribution in [3.8, 4) is 0 Å². The zero-order valence-corrected chi connectivity index (χ0v) is 13.9. The van der Waals surface area contributed by atoms with Gasteiger partial charge in [0.1, 0.15) is 0 Å². The van der Waals surface area contributed by atoms with Crippen molar-refractivity contribution in [2.24, 2.45) is 0 Å². The molecule has 0 atom stereocenters. The number of Topliss-reactive ketones (excluding diaryl/α,β-unsaturated/α-hetero) is 1. The number of hydrogen-bond donors (Lipinski definition) is 0. The fourth-order valence-electron chi connectivity index (χ4n) is 1.75. The molecule has 0 spiro atoms. The summed E-state index contributed by atoms with van der Waals surface area (Å²) >= 11 is 3.87. The van der Waals surface area contributed by atoms with E-state index in [4.69, 9.17) is 0 Å². The van der Waals surface area contributed by atoms with E-state index in [1.165, 1.54) is 4.88 Å². The molecule has 2 aromatic rings. The lowest BCUT2D eigenvalue weighted by atomic mass is 10.1. The van der Waals surface area contributed by atoms with Gasteiger partial charge >= 0.3 is 0 Å². The molecule has 0 unspecified atom stereocenters. The maximum atomic E-state index is 12.1. The summed E-state index contributed by atoms with van der Waals surface area (Å²) in [5, 5.41) is 0. The third-order valence-electron chi connectivity index (χ3n) is 2.84. The number of nitrogens with zero attached hydrogens (tertiary/aromatic N) is 2. The minimum Gasteiger partial charge on any atom is -0.294 e. The van der Waals surface area contributed by atoms with Gasteiger partial charge in [0.2, 0.25) is 0 Å². The quantitative estimate of drug-likeness (QED) is 0.584. The van der Waals surface area contributed by atoms with Crippen molar-refractivity contribution in [2.75, 3.05) is 13.6 Å². The fourth-order valence-corrected chi connectivity index (χ4v) is 2.97. The second-order valence-corrected chi connectivity index (χ2v) is 6.65. The number of likely N-dealkylation sites (N-methyl/N-ethyl adjacent to an activating group) is 1. The van der Waals surface area contributed by atoms with E-state index < -0.39 is 0 Å². The average molecular weight is 386 g/mol. The molecule has 0 amide bonds. The summed E-state index contributed by atoms with van der Waals surface area (Å²) in [6, 6.07) is 7.69. The van der Waals surface area contributed by atoms with Crippen molar-refractivity contribution in [3.05, 3.63) is 49.5 Å². The molecule has 0 aliphatic rings. The molecule has 0 aliphatic carbocycles. The molecule has 1 aromatic heterocycles. The Labute approximate surface area is 130 Å². The van der Waals surface area contributed by atoms with Crippen LogP contribution in [0.2, 0.25) is 0 Å². The van der Waals surface area contributed by atoms with Gasteiger partial charge < -0.3 is 0 Å². The van der Waals surface area contributed by atoms with Gasteiger partial charge in [-0.05, 0) is 48.7 Å². The van der Waals surface area contributed by atoms with Crippen LogP contribution in [0.25, 0.3) is 0 Å². The zero-order chi connectivity index (χ0) is 13.8. The Morgan fingerprint density at radius 1 is 1.37 bits per heavy atom. The van der Waals surface area contributed by atoms with Gasteiger partial charge in [-0.15, -0.1) is 11.3 Å². The van der Waals surface area contributed by atoms with Crippen molar-refractivity contribution in [1.82, 2.24) is 9.88 Å². The molecule has 0 bridgehead atoms. The Bertz CT molecular complexity index is 565. The molecule has 0 N–H and O–H groups in total. The molecule has 100 valence electrons. The molecule has 3 nitrogen and oxygen atoms in total. The number of aromatic nitrogens is 1. The second-order valence-electron chi connectivity index (χ2n) is 4.46. The monoisotopic (exact) mass is 386 g/mol. The van der Waals surface area contributed by atoms with Crippen molar-refractivity contribution in [2.45, 2.75) is 13.5 Å². The van der Waals surface area contributed by atoms with E-state index >= 15 is 0 Å². The number of ketones is 1. The van der Waals surface area contributed by atoms with Crippen molar-refractivity contribution >= 4 is 39.7 Å². The number of carbonyl (C=O) groups excluding carboxylic acids is 1. The first kappa shape index (κ1) is 14.6. The van der Waals surface area contributed by atoms with Gasteiger partial charge in [-0.1, -0.05) is 12.1 Å². The minimum atomic E-state index is 0.154. The van der Waals surface area contributed by atoms with Crippen LogP contribution in [0.4, 0.5) is 0 Å². The maximum Gasteiger partial charge on any atom is 0.176 e. The van der Waals surface area contributed by atoms with E-state index in [1.54, 1.807) is 11.3 Å². The topological polar surface area (TPSA) is 33.2 Å². The molecule has 0 saturated carbocycles. The molecular weight excluding hydrogens is 371 g/mol. The highest BCUT2D eigenvalue weighted by Gasteiger charge is 2.11. The molecule has 0 fully saturated rings. The van der Waals surface area contributed by atoms with Gasteiger partial charge in [0, 0.05) is 20.6 Å². The molecule has 1 aromatic carbocycles. The Kier molecular flexibility index (Phi) is 5.06. The maximum absolute atomic E-state index is 12.1. The largest absolute Gasteiger partial charge is 0.294 e. The van der Waals surface area contributed by atoms with E-state index in [2.05, 4.69) is 27.6 Å². The van der Waals surface area contributed by atoms with Gasteiger partial charge in [-0.3, -0.25) is 9.69 Å². The van der Waals surface area contributed by atoms with Crippen molar-refractivity contribution in [3.63, 3.8) is 0 Å². The number of hydrogen-bond acceptors (Lipinski definition) is 4. The first-order valence-corrected chi connectivity index (χ1v) is 7.88. The van der Waals surface area contributed by atoms with Crippen LogP contribution >= 0.6 is 33.9 Å². The molecule has 0 radical (unpaired) electrons. The summed E-state index contributed by atoms with van der Waals surface area (Å²) in [6.45, 7) is 3.20. The van der Waals surface area contributed by atoms with E-state index in [1.807, 2.05) is 48.6 Å². The van der Waals surface area contributed by atoms with Crippen LogP contribution < -0.4 is 0 Å². The predicted octanol–water partition coefficient (Wildman–Crippen LogP) is 3.37. The summed E-state index contributed by atoms with van der Waals surface area (Å²) in [6.07, 6.45) is 0. The van der Waals surface area contributed by atoms with Crippen LogP contribution in [0.15, 0.2) is 29.8 Å². The minimum absolute atomic E-state index is 0.154. The van der Waals surface area contributed by atoms with E-state index in [0.29, 0.717) is 6.54 Å². The Hall–Kier alpha value is -0.790. The molecule has 5 heteroatoms. The summed E-state index contributed by atoms with van der Waals surface area (Å²) in [5.74, 6) is 0.154. The summed E-state index contributed by atoms with van der Waals surface area (Å²) < 4.78 is 1.14. The Morgan fingerprint density at radius 3 is 2.63 bits per heavy atom. The molecule has 19 heavy (non-hydrogen) atoms. The zero-order valence-electron chi connectivity index (χ0n) is 10.9. The summed E-state index contributed by atoms with van der Waals surface area (Å²) in [5.41, 5.74) is 3.67. The molecule has 2 rings (SSSR count). The Balaban J connectivity index is 1.95. The lowest BCUT2D eigenvalue weighted by Crippen LogP contribution is -2.25. The normalized spacial score (nSPS) is 10.9. The SMILES string of the molecule is Cc1ncsc1CN(C)CC(=O)c1ccc(I)cc1. The number of aryl methyl sites for hydroxylation is 1. The van der Waals surface area contributed by atoms with Crippen molar-refractivity contribution in [1.29, 1.82) is 0 Å². The lowest BCUT2D eigenvalue weighted by Gasteiger charge is -2.15. The predicted molar refractivity (Wildman–Crippen MR) is 86.7 cm³/mol. The summed E-state index contributed by atoms with van der Waals surface area (Å²) in [7, 11) is 1.96. The fraction of sp³-hybridized carbons (Fsp3) is 0.286. The van der Waals surface area contributed by atoms with Crippen LogP contribution in [-0.2, 0) is 6.54 Å². The Morgan fingerprint density at radius 2 is 2.05 bits per heavy atom. The highest BCUT2D eigenvalue weighted by Crippen LogP contribution is 2.14. The first-order valence-electron chi connectivity index (χ1n) is 5.92. The van der Waals surface area contributed by atoms with E-state index in [0.717, 1.165) is 21.4 Å². The number of halogens is 1. The van der Waals surface area contributed by atoms with Gasteiger partial charge in [0.25, 0.3) is 0 Å². The highest BCUT2D eigenvalue weighted by molar-refractivity contribution is 14.1. The van der Waals surface area contributed by atoms with Crippen LogP contribution in [0.5, 0.6) is 0 Å². The lowest BCUT2D eigenvalue weighted by molar-refractivity contribution is 0.0943. The van der Waals surface area contributed by atoms with Crippen LogP contribution in [0.3, 0.4) is 0 Å². The molecule has 0 saturated heterocycles. The molecule has 1 heterocycles. The van der Waals surface area contributed by atoms with E-state index in [9.17, 15) is 4.79 Å².